The second-order valence-corrected chi connectivity index (χ2v) is 7.59. The molecule has 2 heterocycles. The third-order valence-electron chi connectivity index (χ3n) is 3.41. The van der Waals surface area contributed by atoms with Crippen LogP contribution in [-0.2, 0) is 6.54 Å². The Morgan fingerprint density at radius 3 is 3.00 bits per heavy atom. The van der Waals surface area contributed by atoms with Crippen molar-refractivity contribution in [2.45, 2.75) is 13.5 Å². The summed E-state index contributed by atoms with van der Waals surface area (Å²) >= 11 is 9.16. The smallest absolute Gasteiger partial charge is 0.207 e. The van der Waals surface area contributed by atoms with Gasteiger partial charge in [-0.1, -0.05) is 11.6 Å². The van der Waals surface area contributed by atoms with Crippen LogP contribution in [0, 0.1) is 18.4 Å². The van der Waals surface area contributed by atoms with E-state index in [0.29, 0.717) is 27.7 Å². The summed E-state index contributed by atoms with van der Waals surface area (Å²) in [6.07, 6.45) is 3.81. The van der Waals surface area contributed by atoms with Gasteiger partial charge in [0.15, 0.2) is 10.6 Å². The van der Waals surface area contributed by atoms with Gasteiger partial charge in [0, 0.05) is 21.5 Å². The van der Waals surface area contributed by atoms with Crippen molar-refractivity contribution in [2.24, 2.45) is 9.98 Å². The summed E-state index contributed by atoms with van der Waals surface area (Å²) in [4.78, 5) is 14.6. The molecule has 0 unspecified atom stereocenters. The van der Waals surface area contributed by atoms with E-state index in [9.17, 15) is 0 Å². The van der Waals surface area contributed by atoms with Gasteiger partial charge in [-0.25, -0.2) is 4.98 Å². The molecule has 26 heavy (non-hydrogen) atoms. The highest BCUT2D eigenvalue weighted by atomic mass is 35.5. The monoisotopic (exact) mass is 403 g/mol. The number of thiazole rings is 2. The number of methoxy groups -OCH3 is 1. The third-order valence-corrected chi connectivity index (χ3v) is 5.22. The van der Waals surface area contributed by atoms with E-state index in [0.717, 1.165) is 10.6 Å². The maximum Gasteiger partial charge on any atom is 0.207 e. The van der Waals surface area contributed by atoms with Gasteiger partial charge in [-0.05, 0) is 25.1 Å². The Labute approximate surface area is 163 Å². The van der Waals surface area contributed by atoms with Crippen molar-refractivity contribution in [2.75, 3.05) is 7.11 Å². The number of halogens is 1. The summed E-state index contributed by atoms with van der Waals surface area (Å²) in [6, 6.07) is 5.12. The van der Waals surface area contributed by atoms with E-state index < -0.39 is 0 Å². The molecule has 0 aliphatic rings. The topological polar surface area (TPSA) is 75.6 Å². The third kappa shape index (κ3) is 4.19. The SMILES string of the molecule is COc1ccc(Cl)cc1C(=NC#N)N=c1sc(C)cn1Cc1cscn1. The molecule has 0 spiro atoms. The lowest BCUT2D eigenvalue weighted by molar-refractivity contribution is 0.414. The van der Waals surface area contributed by atoms with Gasteiger partial charge in [0.05, 0.1) is 30.4 Å². The van der Waals surface area contributed by atoms with Crippen LogP contribution < -0.4 is 9.54 Å². The molecule has 0 aliphatic carbocycles. The average Bonchev–Trinajstić information content (AvgIpc) is 3.24. The number of benzene rings is 1. The van der Waals surface area contributed by atoms with Gasteiger partial charge < -0.3 is 9.30 Å². The van der Waals surface area contributed by atoms with Gasteiger partial charge >= 0.3 is 0 Å². The molecule has 0 fully saturated rings. The van der Waals surface area contributed by atoms with E-state index in [4.69, 9.17) is 21.6 Å². The summed E-state index contributed by atoms with van der Waals surface area (Å²) in [7, 11) is 1.55. The minimum atomic E-state index is 0.251. The molecule has 0 atom stereocenters. The van der Waals surface area contributed by atoms with Crippen molar-refractivity contribution in [1.82, 2.24) is 9.55 Å². The molecule has 0 aliphatic heterocycles. The number of amidine groups is 1. The second kappa shape index (κ2) is 8.27. The minimum absolute atomic E-state index is 0.251. The number of nitriles is 1. The lowest BCUT2D eigenvalue weighted by Crippen LogP contribution is -2.17. The lowest BCUT2D eigenvalue weighted by Gasteiger charge is -2.07. The lowest BCUT2D eigenvalue weighted by atomic mass is 10.2. The van der Waals surface area contributed by atoms with Crippen LogP contribution in [0.4, 0.5) is 0 Å². The predicted octanol–water partition coefficient (Wildman–Crippen LogP) is 3.85. The normalized spacial score (nSPS) is 12.2. The van der Waals surface area contributed by atoms with E-state index in [2.05, 4.69) is 15.0 Å². The first-order valence-corrected chi connectivity index (χ1v) is 9.64. The zero-order valence-electron chi connectivity index (χ0n) is 14.0. The van der Waals surface area contributed by atoms with E-state index in [1.165, 1.54) is 11.3 Å². The van der Waals surface area contributed by atoms with E-state index in [1.54, 1.807) is 42.2 Å². The van der Waals surface area contributed by atoms with Crippen molar-refractivity contribution in [3.63, 3.8) is 0 Å². The number of aryl methyl sites for hydroxylation is 1. The van der Waals surface area contributed by atoms with Crippen LogP contribution in [-0.4, -0.2) is 22.5 Å². The Bertz CT molecular complexity index is 1040. The first kappa shape index (κ1) is 18.3. The van der Waals surface area contributed by atoms with Gasteiger partial charge in [-0.2, -0.15) is 15.2 Å². The molecule has 0 bridgehead atoms. The summed E-state index contributed by atoms with van der Waals surface area (Å²) in [5.74, 6) is 0.798. The van der Waals surface area contributed by atoms with Gasteiger partial charge in [-0.3, -0.25) is 0 Å². The Hall–Kier alpha value is -2.47. The molecular formula is C17H14ClN5OS2. The van der Waals surface area contributed by atoms with Crippen LogP contribution in [0.15, 0.2) is 45.3 Å². The standard InChI is InChI=1S/C17H14ClN5OS2/c1-11-6-23(7-13-8-25-10-21-13)17(26-11)22-16(20-9-19)14-5-12(18)3-4-15(14)24-2/h3-6,8,10H,7H2,1-2H3. The number of aliphatic imine (C=N–C) groups is 1. The van der Waals surface area contributed by atoms with Gasteiger partial charge in [0.1, 0.15) is 5.75 Å². The molecule has 0 radical (unpaired) electrons. The zero-order valence-corrected chi connectivity index (χ0v) is 16.4. The summed E-state index contributed by atoms with van der Waals surface area (Å²) in [5.41, 5.74) is 3.31. The predicted molar refractivity (Wildman–Crippen MR) is 104 cm³/mol. The first-order valence-electron chi connectivity index (χ1n) is 7.50. The van der Waals surface area contributed by atoms with Crippen LogP contribution in [0.3, 0.4) is 0 Å². The van der Waals surface area contributed by atoms with Gasteiger partial charge in [-0.15, -0.1) is 22.7 Å². The zero-order chi connectivity index (χ0) is 18.5. The molecule has 0 saturated heterocycles. The minimum Gasteiger partial charge on any atom is -0.496 e. The van der Waals surface area contributed by atoms with Crippen molar-refractivity contribution < 1.29 is 4.74 Å². The second-order valence-electron chi connectivity index (χ2n) is 5.22. The molecule has 0 N–H and O–H groups in total. The van der Waals surface area contributed by atoms with E-state index >= 15 is 0 Å². The number of ether oxygens (including phenoxy) is 1. The van der Waals surface area contributed by atoms with E-state index in [-0.39, 0.29) is 5.84 Å². The fraction of sp³-hybridized carbons (Fsp3) is 0.176. The van der Waals surface area contributed by atoms with E-state index in [1.807, 2.05) is 29.3 Å². The number of nitrogens with zero attached hydrogens (tertiary/aromatic N) is 5. The molecule has 3 rings (SSSR count). The van der Waals surface area contributed by atoms with Gasteiger partial charge in [0.2, 0.25) is 6.19 Å². The number of aromatic nitrogens is 2. The molecule has 9 heteroatoms. The van der Waals surface area contributed by atoms with Crippen LogP contribution in [0.2, 0.25) is 5.02 Å². The van der Waals surface area contributed by atoms with Crippen molar-refractivity contribution >= 4 is 40.1 Å². The maximum absolute atomic E-state index is 9.11. The molecule has 0 saturated carbocycles. The fourth-order valence-electron chi connectivity index (χ4n) is 2.33. The van der Waals surface area contributed by atoms with Crippen LogP contribution >= 0.6 is 34.3 Å². The highest BCUT2D eigenvalue weighted by Gasteiger charge is 2.12. The Morgan fingerprint density at radius 2 is 2.31 bits per heavy atom. The van der Waals surface area contributed by atoms with Crippen molar-refractivity contribution in [3.8, 4) is 11.9 Å². The fourth-order valence-corrected chi connectivity index (χ4v) is 3.89. The molecule has 132 valence electrons. The number of rotatable bonds is 4. The summed E-state index contributed by atoms with van der Waals surface area (Å²) < 4.78 is 7.35. The summed E-state index contributed by atoms with van der Waals surface area (Å²) in [5, 5.41) is 11.6. The first-order chi connectivity index (χ1) is 12.6. The van der Waals surface area contributed by atoms with Gasteiger partial charge in [0.25, 0.3) is 0 Å². The molecular weight excluding hydrogens is 390 g/mol. The van der Waals surface area contributed by atoms with Crippen LogP contribution in [0.1, 0.15) is 16.1 Å². The molecule has 3 aromatic rings. The van der Waals surface area contributed by atoms with Crippen molar-refractivity contribution in [1.29, 1.82) is 5.26 Å². The molecule has 1 aromatic carbocycles. The maximum atomic E-state index is 9.11. The number of hydrogen-bond acceptors (Lipinski definition) is 6. The molecule has 0 amide bonds. The Kier molecular flexibility index (Phi) is 5.83. The molecule has 2 aromatic heterocycles. The quantitative estimate of drug-likeness (QED) is 0.377. The van der Waals surface area contributed by atoms with Crippen molar-refractivity contribution in [3.05, 3.63) is 61.2 Å². The van der Waals surface area contributed by atoms with Crippen LogP contribution in [0.5, 0.6) is 5.75 Å². The highest BCUT2D eigenvalue weighted by Crippen LogP contribution is 2.24. The Balaban J connectivity index is 2.11. The molecule has 6 nitrogen and oxygen atoms in total. The summed E-state index contributed by atoms with van der Waals surface area (Å²) in [6.45, 7) is 2.60. The largest absolute Gasteiger partial charge is 0.496 e. The Morgan fingerprint density at radius 1 is 1.46 bits per heavy atom. The highest BCUT2D eigenvalue weighted by molar-refractivity contribution is 7.09. The number of hydrogen-bond donors (Lipinski definition) is 0. The average molecular weight is 404 g/mol. The van der Waals surface area contributed by atoms with Crippen LogP contribution in [0.25, 0.3) is 0 Å².